The standard InChI is InChI=1S/C12H14N4O5/c1-13-12(21)16-15-10(18)6-9(17)14-8-5-3-2-4-7(8)11(19)20/h2-5H,6H2,1H3,(H,14,17)(H,15,18)(H,19,20)(H2,13,16,21). The van der Waals surface area contributed by atoms with Crippen molar-refractivity contribution in [1.29, 1.82) is 0 Å². The number of carboxylic acid groups (broad SMARTS) is 1. The summed E-state index contributed by atoms with van der Waals surface area (Å²) >= 11 is 0. The highest BCUT2D eigenvalue weighted by Crippen LogP contribution is 2.14. The second kappa shape index (κ2) is 7.48. The first-order valence-corrected chi connectivity index (χ1v) is 5.82. The number of carbonyl (C=O) groups excluding carboxylic acids is 3. The van der Waals surface area contributed by atoms with Crippen molar-refractivity contribution >= 4 is 29.5 Å². The van der Waals surface area contributed by atoms with Gasteiger partial charge in [0.2, 0.25) is 11.8 Å². The van der Waals surface area contributed by atoms with E-state index in [1.54, 1.807) is 6.07 Å². The first-order chi connectivity index (χ1) is 9.93. The topological polar surface area (TPSA) is 137 Å². The van der Waals surface area contributed by atoms with E-state index in [4.69, 9.17) is 5.11 Å². The predicted octanol–water partition coefficient (Wildman–Crippen LogP) is -0.326. The summed E-state index contributed by atoms with van der Waals surface area (Å²) in [5.41, 5.74) is 4.01. The third-order valence-corrected chi connectivity index (χ3v) is 2.30. The minimum atomic E-state index is -1.20. The Bertz CT molecular complexity index is 573. The summed E-state index contributed by atoms with van der Waals surface area (Å²) in [5, 5.41) is 13.5. The molecule has 0 spiro atoms. The van der Waals surface area contributed by atoms with E-state index in [2.05, 4.69) is 10.6 Å². The van der Waals surface area contributed by atoms with Gasteiger partial charge in [-0.2, -0.15) is 0 Å². The average molecular weight is 294 g/mol. The number of carbonyl (C=O) groups is 4. The zero-order chi connectivity index (χ0) is 15.8. The number of hydrogen-bond donors (Lipinski definition) is 5. The number of amides is 4. The van der Waals surface area contributed by atoms with Crippen molar-refractivity contribution in [3.8, 4) is 0 Å². The molecule has 0 atom stereocenters. The van der Waals surface area contributed by atoms with Crippen molar-refractivity contribution in [3.05, 3.63) is 29.8 Å². The van der Waals surface area contributed by atoms with Gasteiger partial charge in [0.1, 0.15) is 6.42 Å². The molecule has 0 aliphatic rings. The zero-order valence-corrected chi connectivity index (χ0v) is 11.1. The molecular weight excluding hydrogens is 280 g/mol. The van der Waals surface area contributed by atoms with Gasteiger partial charge in [-0.25, -0.2) is 15.0 Å². The second-order valence-corrected chi connectivity index (χ2v) is 3.83. The average Bonchev–Trinajstić information content (AvgIpc) is 2.44. The minimum absolute atomic E-state index is 0.0852. The molecule has 112 valence electrons. The molecule has 1 rings (SSSR count). The molecule has 0 bridgehead atoms. The van der Waals surface area contributed by atoms with E-state index in [1.807, 2.05) is 10.9 Å². The van der Waals surface area contributed by atoms with Crippen LogP contribution in [0.5, 0.6) is 0 Å². The molecule has 9 nitrogen and oxygen atoms in total. The van der Waals surface area contributed by atoms with Gasteiger partial charge in [-0.1, -0.05) is 12.1 Å². The Morgan fingerprint density at radius 2 is 1.71 bits per heavy atom. The highest BCUT2D eigenvalue weighted by molar-refractivity contribution is 6.06. The van der Waals surface area contributed by atoms with Crippen LogP contribution in [0.3, 0.4) is 0 Å². The Morgan fingerprint density at radius 1 is 1.05 bits per heavy atom. The number of urea groups is 1. The second-order valence-electron chi connectivity index (χ2n) is 3.83. The van der Waals surface area contributed by atoms with Crippen molar-refractivity contribution in [2.75, 3.05) is 12.4 Å². The van der Waals surface area contributed by atoms with Crippen LogP contribution >= 0.6 is 0 Å². The molecule has 0 aliphatic carbocycles. The number of para-hydroxylation sites is 1. The molecule has 1 aromatic rings. The normalized spacial score (nSPS) is 9.38. The van der Waals surface area contributed by atoms with Crippen molar-refractivity contribution in [1.82, 2.24) is 16.2 Å². The number of anilines is 1. The fourth-order valence-corrected chi connectivity index (χ4v) is 1.35. The summed E-state index contributed by atoms with van der Waals surface area (Å²) in [6, 6.07) is 5.15. The Balaban J connectivity index is 2.56. The Kier molecular flexibility index (Phi) is 5.68. The fraction of sp³-hybridized carbons (Fsp3) is 0.167. The molecule has 0 radical (unpaired) electrons. The van der Waals surface area contributed by atoms with Crippen LogP contribution in [0.15, 0.2) is 24.3 Å². The fourth-order valence-electron chi connectivity index (χ4n) is 1.35. The van der Waals surface area contributed by atoms with Gasteiger partial charge in [0.05, 0.1) is 11.3 Å². The monoisotopic (exact) mass is 294 g/mol. The molecule has 0 aromatic heterocycles. The Labute approximate surface area is 119 Å². The predicted molar refractivity (Wildman–Crippen MR) is 72.4 cm³/mol. The summed E-state index contributed by atoms with van der Waals surface area (Å²) in [6.07, 6.45) is -0.571. The summed E-state index contributed by atoms with van der Waals surface area (Å²) in [7, 11) is 1.36. The largest absolute Gasteiger partial charge is 0.478 e. The molecule has 9 heteroatoms. The molecule has 0 saturated carbocycles. The number of aromatic carboxylic acids is 1. The van der Waals surface area contributed by atoms with Crippen LogP contribution in [0, 0.1) is 0 Å². The number of nitrogens with one attached hydrogen (secondary N) is 4. The maximum absolute atomic E-state index is 11.6. The Morgan fingerprint density at radius 3 is 2.33 bits per heavy atom. The molecule has 0 aliphatic heterocycles. The van der Waals surface area contributed by atoms with Crippen LogP contribution < -0.4 is 21.5 Å². The van der Waals surface area contributed by atoms with E-state index in [-0.39, 0.29) is 11.3 Å². The molecular formula is C12H14N4O5. The number of carboxylic acids is 1. The zero-order valence-electron chi connectivity index (χ0n) is 11.1. The van der Waals surface area contributed by atoms with Crippen LogP contribution in [-0.2, 0) is 9.59 Å². The Hall–Kier alpha value is -3.10. The van der Waals surface area contributed by atoms with Crippen molar-refractivity contribution in [3.63, 3.8) is 0 Å². The van der Waals surface area contributed by atoms with Crippen LogP contribution in [0.1, 0.15) is 16.8 Å². The van der Waals surface area contributed by atoms with E-state index in [1.165, 1.54) is 25.2 Å². The van der Waals surface area contributed by atoms with E-state index >= 15 is 0 Å². The molecule has 1 aromatic carbocycles. The highest BCUT2D eigenvalue weighted by atomic mass is 16.4. The van der Waals surface area contributed by atoms with Crippen LogP contribution in [-0.4, -0.2) is 36.0 Å². The van der Waals surface area contributed by atoms with Gasteiger partial charge in [-0.05, 0) is 12.1 Å². The molecule has 0 unspecified atom stereocenters. The van der Waals surface area contributed by atoms with Crippen molar-refractivity contribution < 1.29 is 24.3 Å². The van der Waals surface area contributed by atoms with Gasteiger partial charge in [-0.15, -0.1) is 0 Å². The lowest BCUT2D eigenvalue weighted by atomic mass is 10.2. The number of hydrogen-bond acceptors (Lipinski definition) is 4. The first-order valence-electron chi connectivity index (χ1n) is 5.82. The third kappa shape index (κ3) is 5.19. The van der Waals surface area contributed by atoms with Gasteiger partial charge in [-0.3, -0.25) is 15.0 Å². The molecule has 4 amide bonds. The summed E-state index contributed by atoms with van der Waals surface area (Å²) < 4.78 is 0. The summed E-state index contributed by atoms with van der Waals surface area (Å²) in [6.45, 7) is 0. The van der Waals surface area contributed by atoms with Gasteiger partial charge < -0.3 is 15.7 Å². The smallest absolute Gasteiger partial charge is 0.337 e. The number of hydrazine groups is 1. The first kappa shape index (κ1) is 16.0. The SMILES string of the molecule is CNC(=O)NNC(=O)CC(=O)Nc1ccccc1C(=O)O. The summed E-state index contributed by atoms with van der Waals surface area (Å²) in [5.74, 6) is -2.65. The highest BCUT2D eigenvalue weighted by Gasteiger charge is 2.14. The summed E-state index contributed by atoms with van der Waals surface area (Å²) in [4.78, 5) is 44.7. The van der Waals surface area contributed by atoms with E-state index in [0.717, 1.165) is 0 Å². The van der Waals surface area contributed by atoms with Crippen LogP contribution in [0.25, 0.3) is 0 Å². The lowest BCUT2D eigenvalue weighted by Gasteiger charge is -2.09. The lowest BCUT2D eigenvalue weighted by Crippen LogP contribution is -2.46. The van der Waals surface area contributed by atoms with Crippen LogP contribution in [0.4, 0.5) is 10.5 Å². The molecule has 5 N–H and O–H groups in total. The maximum atomic E-state index is 11.6. The van der Waals surface area contributed by atoms with E-state index in [0.29, 0.717) is 0 Å². The quantitative estimate of drug-likeness (QED) is 0.382. The van der Waals surface area contributed by atoms with E-state index < -0.39 is 30.2 Å². The maximum Gasteiger partial charge on any atom is 0.337 e. The molecule has 21 heavy (non-hydrogen) atoms. The molecule has 0 fully saturated rings. The van der Waals surface area contributed by atoms with Crippen molar-refractivity contribution in [2.45, 2.75) is 6.42 Å². The van der Waals surface area contributed by atoms with Gasteiger partial charge >= 0.3 is 12.0 Å². The van der Waals surface area contributed by atoms with Crippen LogP contribution in [0.2, 0.25) is 0 Å². The number of benzene rings is 1. The van der Waals surface area contributed by atoms with Gasteiger partial charge in [0.15, 0.2) is 0 Å². The third-order valence-electron chi connectivity index (χ3n) is 2.30. The lowest BCUT2D eigenvalue weighted by molar-refractivity contribution is -0.127. The molecule has 0 heterocycles. The number of rotatable bonds is 4. The van der Waals surface area contributed by atoms with Crippen molar-refractivity contribution in [2.24, 2.45) is 0 Å². The minimum Gasteiger partial charge on any atom is -0.478 e. The van der Waals surface area contributed by atoms with Gasteiger partial charge in [0.25, 0.3) is 0 Å². The van der Waals surface area contributed by atoms with E-state index in [9.17, 15) is 19.2 Å². The molecule has 0 saturated heterocycles. The van der Waals surface area contributed by atoms with Gasteiger partial charge in [0, 0.05) is 7.05 Å².